The van der Waals surface area contributed by atoms with Crippen molar-refractivity contribution in [2.45, 2.75) is 479 Å². The third-order valence-electron chi connectivity index (χ3n) is 22.2. The van der Waals surface area contributed by atoms with Crippen molar-refractivity contribution in [3.8, 4) is 0 Å². The first kappa shape index (κ1) is 108. The Bertz CT molecular complexity index is 2630. The number of carbonyl (C=O) groups is 4. The van der Waals surface area contributed by atoms with E-state index in [1.54, 1.807) is 0 Å². The zero-order chi connectivity index (χ0) is 85.4. The van der Waals surface area contributed by atoms with E-state index in [0.717, 1.165) is 173 Å². The highest BCUT2D eigenvalue weighted by atomic mass is 31.2. The number of hydrogen-bond acceptors (Lipinski definition) is 24. The van der Waals surface area contributed by atoms with Crippen LogP contribution in [0.3, 0.4) is 0 Å². The average molecular weight is 1690 g/mol. The molecule has 2 aliphatic heterocycles. The first-order valence-electron chi connectivity index (χ1n) is 46.4. The largest absolute Gasteiger partial charge is 0.472 e. The smallest absolute Gasteiger partial charge is 0.463 e. The maximum absolute atomic E-state index is 14.9. The van der Waals surface area contributed by atoms with Crippen LogP contribution in [0, 0.1) is 0 Å². The van der Waals surface area contributed by atoms with E-state index in [1.807, 2.05) is 0 Å². The van der Waals surface area contributed by atoms with Gasteiger partial charge in [-0.15, -0.1) is 0 Å². The van der Waals surface area contributed by atoms with Gasteiger partial charge >= 0.3 is 31.7 Å². The molecule has 18 unspecified atom stereocenters. The summed E-state index contributed by atoms with van der Waals surface area (Å²) in [4.78, 5) is 66.4. The van der Waals surface area contributed by atoms with Crippen molar-refractivity contribution in [3.05, 3.63) is 48.6 Å². The highest BCUT2D eigenvalue weighted by Crippen LogP contribution is 2.49. The van der Waals surface area contributed by atoms with E-state index in [1.165, 1.54) is 109 Å². The second kappa shape index (κ2) is 69.8. The van der Waals surface area contributed by atoms with Gasteiger partial charge in [0.1, 0.15) is 92.6 Å². The van der Waals surface area contributed by atoms with Gasteiger partial charge in [-0.05, 0) is 128 Å². The van der Waals surface area contributed by atoms with Crippen molar-refractivity contribution in [2.75, 3.05) is 26.4 Å². The first-order chi connectivity index (χ1) is 56.7. The van der Waals surface area contributed by atoms with Crippen LogP contribution < -0.4 is 0 Å². The number of ether oxygens (including phenoxy) is 8. The van der Waals surface area contributed by atoms with Crippen molar-refractivity contribution in [2.24, 2.45) is 0 Å². The molecule has 18 atom stereocenters. The number of carbonyl (C=O) groups excluding carboxylic acids is 4. The number of phosphoric ester groups is 1. The van der Waals surface area contributed by atoms with Crippen LogP contribution >= 0.6 is 7.82 Å². The molecule has 0 spiro atoms. The molecule has 0 bridgehead atoms. The Kier molecular flexibility index (Phi) is 64.2. The number of rotatable bonds is 74. The van der Waals surface area contributed by atoms with Gasteiger partial charge in [0.15, 0.2) is 24.8 Å². The predicted octanol–water partition coefficient (Wildman–Crippen LogP) is 16.9. The maximum atomic E-state index is 14.9. The molecule has 3 rings (SSSR count). The fourth-order valence-electron chi connectivity index (χ4n) is 14.8. The Hall–Kier alpha value is -3.57. The van der Waals surface area contributed by atoms with E-state index in [2.05, 4.69) is 76.3 Å². The van der Waals surface area contributed by atoms with Gasteiger partial charge < -0.3 is 88.7 Å². The minimum Gasteiger partial charge on any atom is -0.463 e. The molecular formula is C91H163O25P. The third kappa shape index (κ3) is 50.1. The van der Waals surface area contributed by atoms with Crippen molar-refractivity contribution in [1.82, 2.24) is 0 Å². The standard InChI is InChI=1S/C91H163O25P/c1-5-9-13-17-21-25-29-33-36-40-43-47-51-55-59-63-74(93)107-68-71(110-76(95)65-61-57-53-49-45-39-32-28-24-20-16-12-8-4)69-109-117(105,106)116-89-87(114-90-84(103)80(99)78(97)72(67-92)111-90)83(102)82(101)86(113-77(96)66-62-58-54-50-46-42-38-35-31-27-23-19-15-11-7-3)88(89)115-91-85(104)81(100)79(98)73(112-91)70-108-75(94)64-60-56-52-48-44-41-37-34-30-26-22-18-14-10-6-2/h25-27,29-31,39,45,71-73,78-92,97-104H,5-24,28,32-38,40-44,46-70H2,1-4H3,(H,105,106)/b29-25-,30-26-,31-27-,45-39-. The molecule has 1 aliphatic carbocycles. The van der Waals surface area contributed by atoms with E-state index < -0.39 is 162 Å². The van der Waals surface area contributed by atoms with Crippen LogP contribution in [-0.2, 0) is 70.7 Å². The molecule has 0 aromatic carbocycles. The number of aliphatic hydroxyl groups excluding tert-OH is 9. The van der Waals surface area contributed by atoms with E-state index in [0.29, 0.717) is 38.5 Å². The zero-order valence-electron chi connectivity index (χ0n) is 72.5. The van der Waals surface area contributed by atoms with E-state index >= 15 is 0 Å². The lowest BCUT2D eigenvalue weighted by Gasteiger charge is -2.50. The molecule has 10 N–H and O–H groups in total. The third-order valence-corrected chi connectivity index (χ3v) is 23.2. The lowest BCUT2D eigenvalue weighted by atomic mass is 9.84. The molecule has 2 heterocycles. The Labute approximate surface area is 703 Å². The predicted molar refractivity (Wildman–Crippen MR) is 453 cm³/mol. The van der Waals surface area contributed by atoms with E-state index in [-0.39, 0.29) is 25.7 Å². The molecule has 0 aromatic heterocycles. The molecule has 1 saturated carbocycles. The maximum Gasteiger partial charge on any atom is 0.472 e. The van der Waals surface area contributed by atoms with E-state index in [9.17, 15) is 74.6 Å². The van der Waals surface area contributed by atoms with Crippen LogP contribution in [0.25, 0.3) is 0 Å². The van der Waals surface area contributed by atoms with Crippen LogP contribution in [0.15, 0.2) is 48.6 Å². The first-order valence-corrected chi connectivity index (χ1v) is 47.9. The molecule has 2 saturated heterocycles. The number of esters is 4. The normalized spacial score (nSPS) is 25.2. The summed E-state index contributed by atoms with van der Waals surface area (Å²) in [5, 5.41) is 102. The number of aliphatic hydroxyl groups is 9. The topological polar surface area (TPSA) is 380 Å². The van der Waals surface area contributed by atoms with Crippen LogP contribution in [0.5, 0.6) is 0 Å². The summed E-state index contributed by atoms with van der Waals surface area (Å²) < 4.78 is 73.3. The summed E-state index contributed by atoms with van der Waals surface area (Å²) in [5.74, 6) is -3.01. The van der Waals surface area contributed by atoms with Crippen molar-refractivity contribution < 1.29 is 122 Å². The summed E-state index contributed by atoms with van der Waals surface area (Å²) >= 11 is 0. The number of allylic oxidation sites excluding steroid dienone is 8. The summed E-state index contributed by atoms with van der Waals surface area (Å²) in [6.45, 7) is 5.51. The van der Waals surface area contributed by atoms with Gasteiger partial charge in [-0.1, -0.05) is 269 Å². The van der Waals surface area contributed by atoms with Gasteiger partial charge in [0.2, 0.25) is 0 Å². The van der Waals surface area contributed by atoms with Crippen LogP contribution in [0.4, 0.5) is 0 Å². The minimum absolute atomic E-state index is 0.00616. The van der Waals surface area contributed by atoms with Gasteiger partial charge in [0, 0.05) is 25.7 Å². The quantitative estimate of drug-likeness (QED) is 0.00889. The SMILES string of the molecule is CCCCCC/C=C\CCCCCCCCCC(=O)OCC(COP(=O)(O)OC1C(OC2OC(CO)C(O)C(O)C2O)C(O)C(O)C(OC(=O)CCCCCCCCC/C=C\CCCCCC)C1OC1OC(COC(=O)CCCCCCCCC/C=C\CCCCCC)C(O)C(O)C1O)OC(=O)CCCCC/C=C\CCCCCCCC. The monoisotopic (exact) mass is 1690 g/mol. The van der Waals surface area contributed by atoms with Gasteiger partial charge in [0.05, 0.1) is 13.2 Å². The lowest BCUT2D eigenvalue weighted by molar-refractivity contribution is -0.360. The molecule has 3 fully saturated rings. The van der Waals surface area contributed by atoms with Crippen LogP contribution in [0.1, 0.15) is 374 Å². The van der Waals surface area contributed by atoms with Crippen LogP contribution in [-0.4, -0.2) is 205 Å². The van der Waals surface area contributed by atoms with Crippen molar-refractivity contribution >= 4 is 31.7 Å². The Morgan fingerprint density at radius 3 is 1.03 bits per heavy atom. The minimum atomic E-state index is -5.82. The second-order valence-corrected chi connectivity index (χ2v) is 34.2. The average Bonchev–Trinajstić information content (AvgIpc) is 0.754. The summed E-state index contributed by atoms with van der Waals surface area (Å²) in [6, 6.07) is 0. The lowest BCUT2D eigenvalue weighted by Crippen LogP contribution is -2.70. The number of hydrogen-bond donors (Lipinski definition) is 10. The second-order valence-electron chi connectivity index (χ2n) is 32.8. The molecule has 0 radical (unpaired) electrons. The molecule has 0 aromatic rings. The molecular weight excluding hydrogens is 1520 g/mol. The molecule has 26 heteroatoms. The van der Waals surface area contributed by atoms with Gasteiger partial charge in [-0.2, -0.15) is 0 Å². The fourth-order valence-corrected chi connectivity index (χ4v) is 15.8. The molecule has 682 valence electrons. The molecule has 3 aliphatic rings. The van der Waals surface area contributed by atoms with E-state index in [4.69, 9.17) is 46.9 Å². The summed E-state index contributed by atoms with van der Waals surface area (Å²) in [6.07, 6.45) is 32.5. The van der Waals surface area contributed by atoms with Crippen molar-refractivity contribution in [1.29, 1.82) is 0 Å². The molecule has 117 heavy (non-hydrogen) atoms. The highest BCUT2D eigenvalue weighted by molar-refractivity contribution is 7.47. The van der Waals surface area contributed by atoms with Gasteiger partial charge in [-0.3, -0.25) is 28.2 Å². The number of unbranched alkanes of at least 4 members (excludes halogenated alkanes) is 42. The summed E-state index contributed by atoms with van der Waals surface area (Å²) in [5.41, 5.74) is 0. The van der Waals surface area contributed by atoms with Gasteiger partial charge in [-0.25, -0.2) is 4.57 Å². The summed E-state index contributed by atoms with van der Waals surface area (Å²) in [7, 11) is -5.82. The van der Waals surface area contributed by atoms with Crippen molar-refractivity contribution in [3.63, 3.8) is 0 Å². The molecule has 0 amide bonds. The Morgan fingerprint density at radius 2 is 0.641 bits per heavy atom. The van der Waals surface area contributed by atoms with Crippen LogP contribution in [0.2, 0.25) is 0 Å². The molecule has 25 nitrogen and oxygen atoms in total. The Morgan fingerprint density at radius 1 is 0.333 bits per heavy atom. The highest BCUT2D eigenvalue weighted by Gasteiger charge is 2.60. The Balaban J connectivity index is 1.93. The van der Waals surface area contributed by atoms with Gasteiger partial charge in [0.25, 0.3) is 0 Å². The zero-order valence-corrected chi connectivity index (χ0v) is 73.4. The number of phosphoric acid groups is 1. The fraction of sp³-hybridized carbons (Fsp3) is 0.868.